The monoisotopic (exact) mass is 558 g/mol. The Hall–Kier alpha value is -4.57. The van der Waals surface area contributed by atoms with Crippen molar-refractivity contribution in [1.29, 1.82) is 0 Å². The number of benzene rings is 3. The number of hydrogen-bond donors (Lipinski definition) is 1. The second kappa shape index (κ2) is 10.5. The van der Waals surface area contributed by atoms with Gasteiger partial charge in [-0.2, -0.15) is 0 Å². The minimum atomic E-state index is -0.921. The summed E-state index contributed by atoms with van der Waals surface area (Å²) in [4.78, 5) is 33.2. The van der Waals surface area contributed by atoms with Gasteiger partial charge in [0.25, 0.3) is 5.78 Å². The highest BCUT2D eigenvalue weighted by atomic mass is 32.1. The highest BCUT2D eigenvalue weighted by molar-refractivity contribution is 7.22. The molecule has 2 aliphatic heterocycles. The summed E-state index contributed by atoms with van der Waals surface area (Å²) in [5.41, 5.74) is 1.59. The number of amides is 1. The fraction of sp³-hybridized carbons (Fsp3) is 0.233. The van der Waals surface area contributed by atoms with Crippen molar-refractivity contribution in [2.45, 2.75) is 19.9 Å². The number of carbonyl (C=O) groups is 2. The van der Waals surface area contributed by atoms with Crippen LogP contribution < -0.4 is 23.8 Å². The lowest BCUT2D eigenvalue weighted by atomic mass is 9.95. The molecule has 1 amide bonds. The molecule has 40 heavy (non-hydrogen) atoms. The fourth-order valence-corrected chi connectivity index (χ4v) is 5.88. The van der Waals surface area contributed by atoms with Crippen LogP contribution in [-0.2, 0) is 9.59 Å². The Balaban J connectivity index is 1.49. The SMILES string of the molecule is CCOc1ccc([C@@H]2C(=C(O)c3ccc4c(c3)OCCO4)C(=O)C(=O)N2c2nc3ccc(OCC)cc3s2)cc1. The van der Waals surface area contributed by atoms with Gasteiger partial charge in [0.1, 0.15) is 30.5 Å². The van der Waals surface area contributed by atoms with Crippen LogP contribution in [0.15, 0.2) is 66.2 Å². The molecule has 0 bridgehead atoms. The van der Waals surface area contributed by atoms with Crippen LogP contribution in [0, 0.1) is 0 Å². The first-order valence-corrected chi connectivity index (χ1v) is 13.8. The molecule has 9 nitrogen and oxygen atoms in total. The third-order valence-electron chi connectivity index (χ3n) is 6.63. The average Bonchev–Trinajstić information content (AvgIpc) is 3.50. The summed E-state index contributed by atoms with van der Waals surface area (Å²) in [6, 6.07) is 16.6. The number of nitrogens with zero attached hydrogens (tertiary/aromatic N) is 2. The summed E-state index contributed by atoms with van der Waals surface area (Å²) in [5, 5.41) is 11.8. The minimum Gasteiger partial charge on any atom is -0.507 e. The van der Waals surface area contributed by atoms with Crippen molar-refractivity contribution in [3.05, 3.63) is 77.4 Å². The Morgan fingerprint density at radius 2 is 1.65 bits per heavy atom. The average molecular weight is 559 g/mol. The van der Waals surface area contributed by atoms with Gasteiger partial charge in [0, 0.05) is 5.56 Å². The van der Waals surface area contributed by atoms with Gasteiger partial charge in [-0.05, 0) is 67.9 Å². The van der Waals surface area contributed by atoms with Gasteiger partial charge < -0.3 is 24.1 Å². The molecule has 0 radical (unpaired) electrons. The van der Waals surface area contributed by atoms with Crippen LogP contribution in [0.3, 0.4) is 0 Å². The van der Waals surface area contributed by atoms with Crippen LogP contribution in [0.1, 0.15) is 31.0 Å². The standard InChI is InChI=1S/C30H26N2O7S/c1-3-36-19-8-5-17(6-9-19)26-25(27(33)18-7-12-22-23(15-18)39-14-13-38-22)28(34)29(35)32(26)30-31-21-11-10-20(37-4-2)16-24(21)40-30/h5-12,15-16,26,33H,3-4,13-14H2,1-2H3/t26-/m1/s1. The third-order valence-corrected chi connectivity index (χ3v) is 7.65. The van der Waals surface area contributed by atoms with Gasteiger partial charge in [0.15, 0.2) is 16.6 Å². The Morgan fingerprint density at radius 3 is 2.40 bits per heavy atom. The van der Waals surface area contributed by atoms with Crippen molar-refractivity contribution in [1.82, 2.24) is 4.98 Å². The summed E-state index contributed by atoms with van der Waals surface area (Å²) < 4.78 is 23.3. The molecule has 0 spiro atoms. The zero-order chi connectivity index (χ0) is 27.8. The Kier molecular flexibility index (Phi) is 6.77. The molecule has 1 aromatic heterocycles. The van der Waals surface area contributed by atoms with Gasteiger partial charge in [0.2, 0.25) is 0 Å². The van der Waals surface area contributed by atoms with Gasteiger partial charge in [-0.1, -0.05) is 23.5 Å². The number of aliphatic hydroxyl groups is 1. The van der Waals surface area contributed by atoms with E-state index in [1.807, 2.05) is 32.0 Å². The van der Waals surface area contributed by atoms with Gasteiger partial charge in [0.05, 0.1) is 35.0 Å². The second-order valence-corrected chi connectivity index (χ2v) is 10.1. The van der Waals surface area contributed by atoms with E-state index in [2.05, 4.69) is 4.98 Å². The number of ether oxygens (including phenoxy) is 4. The molecule has 0 aliphatic carbocycles. The van der Waals surface area contributed by atoms with Crippen LogP contribution in [0.2, 0.25) is 0 Å². The number of aliphatic hydroxyl groups excluding tert-OH is 1. The van der Waals surface area contributed by atoms with E-state index in [0.29, 0.717) is 71.2 Å². The van der Waals surface area contributed by atoms with Crippen molar-refractivity contribution in [3.8, 4) is 23.0 Å². The van der Waals surface area contributed by atoms with Crippen molar-refractivity contribution in [3.63, 3.8) is 0 Å². The number of hydrogen-bond acceptors (Lipinski definition) is 9. The zero-order valence-corrected chi connectivity index (χ0v) is 22.7. The number of anilines is 1. The number of thiazole rings is 1. The van der Waals surface area contributed by atoms with Crippen molar-refractivity contribution in [2.75, 3.05) is 31.3 Å². The lowest BCUT2D eigenvalue weighted by molar-refractivity contribution is -0.132. The first kappa shape index (κ1) is 25.7. The van der Waals surface area contributed by atoms with Gasteiger partial charge in [-0.3, -0.25) is 14.5 Å². The van der Waals surface area contributed by atoms with Gasteiger partial charge in [-0.25, -0.2) is 4.98 Å². The van der Waals surface area contributed by atoms with Crippen LogP contribution in [0.5, 0.6) is 23.0 Å². The van der Waals surface area contributed by atoms with E-state index in [4.69, 9.17) is 18.9 Å². The zero-order valence-electron chi connectivity index (χ0n) is 21.9. The van der Waals surface area contributed by atoms with Crippen LogP contribution in [0.4, 0.5) is 5.13 Å². The number of aromatic nitrogens is 1. The molecule has 6 rings (SSSR count). The second-order valence-electron chi connectivity index (χ2n) is 9.09. The lowest BCUT2D eigenvalue weighted by Crippen LogP contribution is -2.29. The van der Waals surface area contributed by atoms with Crippen LogP contribution in [0.25, 0.3) is 16.0 Å². The molecule has 1 saturated heterocycles. The van der Waals surface area contributed by atoms with E-state index in [0.717, 1.165) is 4.70 Å². The molecule has 3 heterocycles. The van der Waals surface area contributed by atoms with Gasteiger partial charge in [-0.15, -0.1) is 0 Å². The number of rotatable bonds is 7. The molecular formula is C30H26N2O7S. The number of ketones is 1. The van der Waals surface area contributed by atoms with Gasteiger partial charge >= 0.3 is 5.91 Å². The Labute approximate surface area is 234 Å². The molecule has 1 fully saturated rings. The summed E-state index contributed by atoms with van der Waals surface area (Å²) in [5.74, 6) is 0.456. The summed E-state index contributed by atoms with van der Waals surface area (Å²) in [7, 11) is 0. The minimum absolute atomic E-state index is 0.0416. The van der Waals surface area contributed by atoms with Crippen molar-refractivity contribution < 1.29 is 33.6 Å². The molecule has 1 N–H and O–H groups in total. The molecular weight excluding hydrogens is 532 g/mol. The van der Waals surface area contributed by atoms with Crippen molar-refractivity contribution >= 4 is 44.1 Å². The molecule has 0 unspecified atom stereocenters. The smallest absolute Gasteiger partial charge is 0.301 e. The van der Waals surface area contributed by atoms with E-state index < -0.39 is 17.7 Å². The predicted octanol–water partition coefficient (Wildman–Crippen LogP) is 5.49. The molecule has 0 saturated carbocycles. The van der Waals surface area contributed by atoms with E-state index in [1.165, 1.54) is 16.2 Å². The number of carbonyl (C=O) groups excluding carboxylic acids is 2. The molecule has 10 heteroatoms. The van der Waals surface area contributed by atoms with E-state index in [9.17, 15) is 14.7 Å². The number of fused-ring (bicyclic) bond motifs is 2. The molecule has 4 aromatic rings. The normalized spacial score (nSPS) is 17.9. The molecule has 1 atom stereocenters. The van der Waals surface area contributed by atoms with E-state index in [-0.39, 0.29) is 11.3 Å². The highest BCUT2D eigenvalue weighted by Crippen LogP contribution is 2.45. The largest absolute Gasteiger partial charge is 0.507 e. The van der Waals surface area contributed by atoms with Crippen LogP contribution in [-0.4, -0.2) is 48.2 Å². The van der Waals surface area contributed by atoms with Crippen molar-refractivity contribution in [2.24, 2.45) is 0 Å². The Morgan fingerprint density at radius 1 is 0.950 bits per heavy atom. The maximum Gasteiger partial charge on any atom is 0.301 e. The first-order chi connectivity index (χ1) is 19.5. The maximum absolute atomic E-state index is 13.6. The number of Topliss-reactive ketones (excluding diaryl/α,β-unsaturated/α-hetero) is 1. The quantitative estimate of drug-likeness (QED) is 0.180. The fourth-order valence-electron chi connectivity index (χ4n) is 4.86. The summed E-state index contributed by atoms with van der Waals surface area (Å²) in [6.07, 6.45) is 0. The Bertz CT molecular complexity index is 1640. The predicted molar refractivity (Wildman–Crippen MR) is 151 cm³/mol. The summed E-state index contributed by atoms with van der Waals surface area (Å²) in [6.45, 7) is 5.60. The maximum atomic E-state index is 13.6. The van der Waals surface area contributed by atoms with E-state index >= 15 is 0 Å². The lowest BCUT2D eigenvalue weighted by Gasteiger charge is -2.23. The topological polar surface area (TPSA) is 107 Å². The molecule has 3 aromatic carbocycles. The summed E-state index contributed by atoms with van der Waals surface area (Å²) >= 11 is 1.27. The van der Waals surface area contributed by atoms with E-state index in [1.54, 1.807) is 42.5 Å². The molecule has 204 valence electrons. The third kappa shape index (κ3) is 4.50. The molecule has 2 aliphatic rings. The first-order valence-electron chi connectivity index (χ1n) is 13.0. The highest BCUT2D eigenvalue weighted by Gasteiger charge is 2.48. The van der Waals surface area contributed by atoms with Crippen LogP contribution >= 0.6 is 11.3 Å².